The number of aryl methyl sites for hydroxylation is 1. The first-order chi connectivity index (χ1) is 6.67. The van der Waals surface area contributed by atoms with E-state index in [2.05, 4.69) is 19.9 Å². The second-order valence-electron chi connectivity index (χ2n) is 3.29. The van der Waals surface area contributed by atoms with E-state index in [-0.39, 0.29) is 0 Å². The first kappa shape index (κ1) is 11.6. The molecule has 0 saturated carbocycles. The molecule has 0 spiro atoms. The Balaban J connectivity index is 3.02. The van der Waals surface area contributed by atoms with Gasteiger partial charge in [0, 0.05) is 10.9 Å². The number of benzene rings is 1. The van der Waals surface area contributed by atoms with E-state index in [1.165, 1.54) is 16.7 Å². The molecule has 1 aromatic rings. The van der Waals surface area contributed by atoms with Gasteiger partial charge in [-0.15, -0.1) is 11.6 Å². The second-order valence-corrected chi connectivity index (χ2v) is 3.99. The van der Waals surface area contributed by atoms with E-state index >= 15 is 0 Å². The molecular weight excluding hydrogens is 215 g/mol. The SMILES string of the molecule is CC/C(=C/c1ccc(Cl)cc1C)CCl. The van der Waals surface area contributed by atoms with Crippen molar-refractivity contribution in [3.8, 4) is 0 Å². The van der Waals surface area contributed by atoms with Gasteiger partial charge in [0.2, 0.25) is 0 Å². The lowest BCUT2D eigenvalue weighted by atomic mass is 10.1. The fraction of sp³-hybridized carbons (Fsp3) is 0.333. The fourth-order valence-corrected chi connectivity index (χ4v) is 1.75. The van der Waals surface area contributed by atoms with Crippen molar-refractivity contribution >= 4 is 29.3 Å². The maximum absolute atomic E-state index is 5.87. The van der Waals surface area contributed by atoms with E-state index in [9.17, 15) is 0 Å². The van der Waals surface area contributed by atoms with Crippen LogP contribution in [0, 0.1) is 6.92 Å². The number of hydrogen-bond donors (Lipinski definition) is 0. The third kappa shape index (κ3) is 3.04. The summed E-state index contributed by atoms with van der Waals surface area (Å²) in [7, 11) is 0. The third-order valence-corrected chi connectivity index (χ3v) is 2.80. The highest BCUT2D eigenvalue weighted by atomic mass is 35.5. The van der Waals surface area contributed by atoms with Gasteiger partial charge in [0.15, 0.2) is 0 Å². The van der Waals surface area contributed by atoms with Crippen LogP contribution in [0.25, 0.3) is 6.08 Å². The lowest BCUT2D eigenvalue weighted by Crippen LogP contribution is -1.85. The van der Waals surface area contributed by atoms with Gasteiger partial charge in [-0.3, -0.25) is 0 Å². The molecule has 0 unspecified atom stereocenters. The van der Waals surface area contributed by atoms with Crippen molar-refractivity contribution in [3.63, 3.8) is 0 Å². The van der Waals surface area contributed by atoms with E-state index in [4.69, 9.17) is 23.2 Å². The quantitative estimate of drug-likeness (QED) is 0.660. The Morgan fingerprint density at radius 3 is 2.64 bits per heavy atom. The predicted octanol–water partition coefficient (Wildman–Crippen LogP) is 4.68. The molecule has 0 bridgehead atoms. The molecule has 0 aliphatic heterocycles. The first-order valence-electron chi connectivity index (χ1n) is 4.69. The van der Waals surface area contributed by atoms with Crippen LogP contribution in [0.15, 0.2) is 23.8 Å². The minimum Gasteiger partial charge on any atom is -0.122 e. The van der Waals surface area contributed by atoms with E-state index < -0.39 is 0 Å². The zero-order chi connectivity index (χ0) is 10.6. The normalized spacial score (nSPS) is 11.9. The van der Waals surface area contributed by atoms with Crippen LogP contribution in [0.3, 0.4) is 0 Å². The molecule has 0 aliphatic carbocycles. The van der Waals surface area contributed by atoms with Crippen LogP contribution in [0.4, 0.5) is 0 Å². The first-order valence-corrected chi connectivity index (χ1v) is 5.60. The van der Waals surface area contributed by atoms with Crippen LogP contribution < -0.4 is 0 Å². The molecule has 0 aliphatic rings. The Morgan fingerprint density at radius 2 is 2.14 bits per heavy atom. The van der Waals surface area contributed by atoms with E-state index in [1.54, 1.807) is 0 Å². The highest BCUT2D eigenvalue weighted by Gasteiger charge is 1.98. The molecule has 0 amide bonds. The molecule has 0 radical (unpaired) electrons. The van der Waals surface area contributed by atoms with Gasteiger partial charge in [-0.05, 0) is 36.6 Å². The molecule has 0 heterocycles. The number of allylic oxidation sites excluding steroid dienone is 1. The van der Waals surface area contributed by atoms with Crippen LogP contribution >= 0.6 is 23.2 Å². The zero-order valence-electron chi connectivity index (χ0n) is 8.48. The van der Waals surface area contributed by atoms with Crippen molar-refractivity contribution in [3.05, 3.63) is 39.9 Å². The fourth-order valence-electron chi connectivity index (χ4n) is 1.26. The Labute approximate surface area is 95.5 Å². The summed E-state index contributed by atoms with van der Waals surface area (Å²) in [4.78, 5) is 0. The van der Waals surface area contributed by atoms with Crippen molar-refractivity contribution in [1.82, 2.24) is 0 Å². The van der Waals surface area contributed by atoms with E-state index in [0.29, 0.717) is 5.88 Å². The molecule has 0 fully saturated rings. The highest BCUT2D eigenvalue weighted by molar-refractivity contribution is 6.30. The summed E-state index contributed by atoms with van der Waals surface area (Å²) in [5.74, 6) is 0.596. The van der Waals surface area contributed by atoms with E-state index in [1.807, 2.05) is 18.2 Å². The predicted molar refractivity (Wildman–Crippen MR) is 65.2 cm³/mol. The second kappa shape index (κ2) is 5.43. The van der Waals surface area contributed by atoms with Crippen LogP contribution in [-0.2, 0) is 0 Å². The van der Waals surface area contributed by atoms with Crippen molar-refractivity contribution in [1.29, 1.82) is 0 Å². The lowest BCUT2D eigenvalue weighted by Gasteiger charge is -2.03. The van der Waals surface area contributed by atoms with Crippen molar-refractivity contribution < 1.29 is 0 Å². The third-order valence-electron chi connectivity index (χ3n) is 2.22. The molecule has 1 aromatic carbocycles. The topological polar surface area (TPSA) is 0 Å². The van der Waals surface area contributed by atoms with Gasteiger partial charge in [0.1, 0.15) is 0 Å². The molecule has 0 aromatic heterocycles. The summed E-state index contributed by atoms with van der Waals surface area (Å²) in [6, 6.07) is 5.90. The number of rotatable bonds is 3. The van der Waals surface area contributed by atoms with Gasteiger partial charge >= 0.3 is 0 Å². The maximum Gasteiger partial charge on any atom is 0.0436 e. The molecule has 0 atom stereocenters. The average Bonchev–Trinajstić information content (AvgIpc) is 2.17. The molecule has 0 nitrogen and oxygen atoms in total. The van der Waals surface area contributed by atoms with E-state index in [0.717, 1.165) is 11.4 Å². The van der Waals surface area contributed by atoms with Crippen LogP contribution in [0.5, 0.6) is 0 Å². The summed E-state index contributed by atoms with van der Waals surface area (Å²) in [6.07, 6.45) is 3.13. The summed E-state index contributed by atoms with van der Waals surface area (Å²) >= 11 is 11.7. The van der Waals surface area contributed by atoms with Crippen LogP contribution in [-0.4, -0.2) is 5.88 Å². The minimum atomic E-state index is 0.596. The standard InChI is InChI=1S/C12H14Cl2/c1-3-10(8-13)7-11-4-5-12(14)6-9(11)2/h4-7H,3,8H2,1-2H3/b10-7-. The van der Waals surface area contributed by atoms with Gasteiger partial charge in [-0.2, -0.15) is 0 Å². The van der Waals surface area contributed by atoms with Crippen LogP contribution in [0.2, 0.25) is 5.02 Å². The van der Waals surface area contributed by atoms with Gasteiger partial charge in [0.05, 0.1) is 0 Å². The van der Waals surface area contributed by atoms with Crippen LogP contribution in [0.1, 0.15) is 24.5 Å². The number of alkyl halides is 1. The Hall–Kier alpha value is -0.460. The monoisotopic (exact) mass is 228 g/mol. The van der Waals surface area contributed by atoms with Gasteiger partial charge in [-0.25, -0.2) is 0 Å². The lowest BCUT2D eigenvalue weighted by molar-refractivity contribution is 1.12. The zero-order valence-corrected chi connectivity index (χ0v) is 9.99. The summed E-state index contributed by atoms with van der Waals surface area (Å²) in [5, 5.41) is 0.781. The average molecular weight is 229 g/mol. The van der Waals surface area contributed by atoms with Gasteiger partial charge in [-0.1, -0.05) is 36.2 Å². The smallest absolute Gasteiger partial charge is 0.0436 e. The molecule has 2 heteroatoms. The largest absolute Gasteiger partial charge is 0.122 e. The Bertz CT molecular complexity index is 334. The summed E-state index contributed by atoms with van der Waals surface area (Å²) < 4.78 is 0. The Kier molecular flexibility index (Phi) is 4.50. The Morgan fingerprint density at radius 1 is 1.43 bits per heavy atom. The molecule has 76 valence electrons. The maximum atomic E-state index is 5.87. The molecule has 0 saturated heterocycles. The number of halogens is 2. The summed E-state index contributed by atoms with van der Waals surface area (Å²) in [5.41, 5.74) is 3.64. The van der Waals surface area contributed by atoms with Crippen molar-refractivity contribution in [2.45, 2.75) is 20.3 Å². The highest BCUT2D eigenvalue weighted by Crippen LogP contribution is 2.19. The molecule has 1 rings (SSSR count). The van der Waals surface area contributed by atoms with Gasteiger partial charge < -0.3 is 0 Å². The minimum absolute atomic E-state index is 0.596. The molecule has 0 N–H and O–H groups in total. The van der Waals surface area contributed by atoms with Crippen molar-refractivity contribution in [2.75, 3.05) is 5.88 Å². The summed E-state index contributed by atoms with van der Waals surface area (Å²) in [6.45, 7) is 4.17. The molecular formula is C12H14Cl2. The van der Waals surface area contributed by atoms with Gasteiger partial charge in [0.25, 0.3) is 0 Å². The molecule has 14 heavy (non-hydrogen) atoms. The van der Waals surface area contributed by atoms with Crippen molar-refractivity contribution in [2.24, 2.45) is 0 Å². The number of hydrogen-bond acceptors (Lipinski definition) is 0.